The number of Topliss-reactive ketones (excluding diaryl/α,β-unsaturated/α-hetero) is 1. The highest BCUT2D eigenvalue weighted by Gasteiger charge is 2.23. The van der Waals surface area contributed by atoms with Crippen LogP contribution in [0.4, 0.5) is 0 Å². The number of carbonyl (C=O) groups excluding carboxylic acids is 2. The fourth-order valence-electron chi connectivity index (χ4n) is 3.34. The monoisotopic (exact) mass is 354 g/mol. The molecule has 0 amide bonds. The Morgan fingerprint density at radius 3 is 1.85 bits per heavy atom. The summed E-state index contributed by atoms with van der Waals surface area (Å²) in [4.78, 5) is 25.6. The van der Waals surface area contributed by atoms with Gasteiger partial charge in [0.05, 0.1) is 5.56 Å². The number of fused-ring (bicyclic) bond motifs is 2. The van der Waals surface area contributed by atoms with Crippen LogP contribution in [0.3, 0.4) is 0 Å². The summed E-state index contributed by atoms with van der Waals surface area (Å²) in [5.74, 6) is -0.701. The molecule has 4 aromatic rings. The van der Waals surface area contributed by atoms with Crippen LogP contribution in [0.15, 0.2) is 84.9 Å². The van der Waals surface area contributed by atoms with Gasteiger partial charge in [-0.3, -0.25) is 4.79 Å². The van der Waals surface area contributed by atoms with Gasteiger partial charge in [-0.15, -0.1) is 0 Å². The highest BCUT2D eigenvalue weighted by molar-refractivity contribution is 6.17. The average molecular weight is 354 g/mol. The molecule has 0 saturated heterocycles. The Labute approximate surface area is 157 Å². The third kappa shape index (κ3) is 3.20. The zero-order valence-corrected chi connectivity index (χ0v) is 14.9. The number of ketones is 1. The number of rotatable bonds is 4. The Kier molecular flexibility index (Phi) is 4.43. The quantitative estimate of drug-likeness (QED) is 0.279. The van der Waals surface area contributed by atoms with Gasteiger partial charge in [0.15, 0.2) is 6.10 Å². The topological polar surface area (TPSA) is 43.4 Å². The molecule has 0 unspecified atom stereocenters. The van der Waals surface area contributed by atoms with Gasteiger partial charge in [-0.25, -0.2) is 4.79 Å². The van der Waals surface area contributed by atoms with E-state index in [0.29, 0.717) is 11.1 Å². The van der Waals surface area contributed by atoms with Gasteiger partial charge in [0.1, 0.15) is 0 Å². The molecule has 1 atom stereocenters. The minimum Gasteiger partial charge on any atom is -0.451 e. The van der Waals surface area contributed by atoms with Crippen molar-refractivity contribution >= 4 is 33.3 Å². The SMILES string of the molecule is C[C@H](OC(=O)c1c2ccccc2cc2ccccc12)C(=O)c1ccccc1. The van der Waals surface area contributed by atoms with E-state index >= 15 is 0 Å². The minimum absolute atomic E-state index is 0.214. The van der Waals surface area contributed by atoms with Gasteiger partial charge >= 0.3 is 5.97 Å². The maximum Gasteiger partial charge on any atom is 0.340 e. The van der Waals surface area contributed by atoms with Gasteiger partial charge in [-0.2, -0.15) is 0 Å². The molecule has 27 heavy (non-hydrogen) atoms. The largest absolute Gasteiger partial charge is 0.451 e. The van der Waals surface area contributed by atoms with E-state index in [2.05, 4.69) is 6.07 Å². The van der Waals surface area contributed by atoms with Gasteiger partial charge in [0.2, 0.25) is 5.78 Å². The average Bonchev–Trinajstić information content (AvgIpc) is 2.71. The maximum absolute atomic E-state index is 13.0. The molecular formula is C24H18O3. The predicted molar refractivity (Wildman–Crippen MR) is 107 cm³/mol. The van der Waals surface area contributed by atoms with Crippen LogP contribution in [0.2, 0.25) is 0 Å². The van der Waals surface area contributed by atoms with Crippen molar-refractivity contribution in [2.75, 3.05) is 0 Å². The number of ether oxygens (including phenoxy) is 1. The molecule has 0 radical (unpaired) electrons. The molecule has 0 N–H and O–H groups in total. The Morgan fingerprint density at radius 2 is 1.26 bits per heavy atom. The highest BCUT2D eigenvalue weighted by atomic mass is 16.5. The van der Waals surface area contributed by atoms with Gasteiger partial charge in [0.25, 0.3) is 0 Å². The molecule has 0 saturated carbocycles. The smallest absolute Gasteiger partial charge is 0.340 e. The third-order valence-corrected chi connectivity index (χ3v) is 4.69. The summed E-state index contributed by atoms with van der Waals surface area (Å²) in [7, 11) is 0. The molecule has 132 valence electrons. The summed E-state index contributed by atoms with van der Waals surface area (Å²) in [6, 6.07) is 26.3. The first-order chi connectivity index (χ1) is 13.1. The molecule has 4 rings (SSSR count). The molecule has 0 bridgehead atoms. The molecule has 0 aliphatic heterocycles. The third-order valence-electron chi connectivity index (χ3n) is 4.69. The summed E-state index contributed by atoms with van der Waals surface area (Å²) in [6.45, 7) is 1.61. The predicted octanol–water partition coefficient (Wildman–Crippen LogP) is 5.42. The highest BCUT2D eigenvalue weighted by Crippen LogP contribution is 2.29. The van der Waals surface area contributed by atoms with E-state index in [4.69, 9.17) is 4.74 Å². The first-order valence-corrected chi connectivity index (χ1v) is 8.86. The van der Waals surface area contributed by atoms with E-state index in [1.165, 1.54) is 0 Å². The molecule has 3 nitrogen and oxygen atoms in total. The lowest BCUT2D eigenvalue weighted by Crippen LogP contribution is -2.24. The van der Waals surface area contributed by atoms with Crippen LogP contribution >= 0.6 is 0 Å². The van der Waals surface area contributed by atoms with Crippen LogP contribution < -0.4 is 0 Å². The van der Waals surface area contributed by atoms with Crippen LogP contribution in [0, 0.1) is 0 Å². The van der Waals surface area contributed by atoms with Gasteiger partial charge < -0.3 is 4.74 Å². The van der Waals surface area contributed by atoms with Crippen LogP contribution in [0.5, 0.6) is 0 Å². The van der Waals surface area contributed by atoms with Crippen LogP contribution in [-0.4, -0.2) is 17.9 Å². The van der Waals surface area contributed by atoms with Crippen LogP contribution in [0.1, 0.15) is 27.6 Å². The number of hydrogen-bond donors (Lipinski definition) is 0. The molecule has 0 aliphatic rings. The molecule has 3 heteroatoms. The lowest BCUT2D eigenvalue weighted by atomic mass is 9.97. The molecule has 4 aromatic carbocycles. The molecule has 0 fully saturated rings. The zero-order chi connectivity index (χ0) is 18.8. The fraction of sp³-hybridized carbons (Fsp3) is 0.0833. The number of hydrogen-bond acceptors (Lipinski definition) is 3. The second kappa shape index (κ2) is 7.04. The molecule has 0 heterocycles. The van der Waals surface area contributed by atoms with Gasteiger partial charge in [0, 0.05) is 5.56 Å². The normalized spacial score (nSPS) is 12.0. The summed E-state index contributed by atoms with van der Waals surface area (Å²) in [5.41, 5.74) is 1.02. The molecular weight excluding hydrogens is 336 g/mol. The van der Waals surface area contributed by atoms with Crippen molar-refractivity contribution in [1.82, 2.24) is 0 Å². The molecule has 0 spiro atoms. The number of esters is 1. The fourth-order valence-corrected chi connectivity index (χ4v) is 3.34. The first kappa shape index (κ1) is 17.0. The van der Waals surface area contributed by atoms with E-state index in [-0.39, 0.29) is 5.78 Å². The summed E-state index contributed by atoms with van der Waals surface area (Å²) >= 11 is 0. The van der Waals surface area contributed by atoms with Crippen molar-refractivity contribution in [3.8, 4) is 0 Å². The lowest BCUT2D eigenvalue weighted by Gasteiger charge is -2.15. The number of benzene rings is 4. The van der Waals surface area contributed by atoms with Gasteiger partial charge in [-0.1, -0.05) is 78.9 Å². The van der Waals surface area contributed by atoms with Crippen molar-refractivity contribution in [2.45, 2.75) is 13.0 Å². The Balaban J connectivity index is 1.74. The molecule has 0 aromatic heterocycles. The van der Waals surface area contributed by atoms with E-state index in [0.717, 1.165) is 21.5 Å². The summed E-state index contributed by atoms with van der Waals surface area (Å²) in [5, 5.41) is 3.57. The Bertz CT molecular complexity index is 1090. The Morgan fingerprint density at radius 1 is 0.741 bits per heavy atom. The lowest BCUT2D eigenvalue weighted by molar-refractivity contribution is 0.0322. The van der Waals surface area contributed by atoms with E-state index < -0.39 is 12.1 Å². The summed E-state index contributed by atoms with van der Waals surface area (Å²) < 4.78 is 5.58. The van der Waals surface area contributed by atoms with Crippen LogP contribution in [0.25, 0.3) is 21.5 Å². The summed E-state index contributed by atoms with van der Waals surface area (Å²) in [6.07, 6.45) is -0.863. The van der Waals surface area contributed by atoms with E-state index in [1.807, 2.05) is 54.6 Å². The van der Waals surface area contributed by atoms with Crippen molar-refractivity contribution in [3.63, 3.8) is 0 Å². The zero-order valence-electron chi connectivity index (χ0n) is 14.9. The minimum atomic E-state index is -0.863. The number of carbonyl (C=O) groups is 2. The second-order valence-electron chi connectivity index (χ2n) is 6.47. The van der Waals surface area contributed by atoms with E-state index in [1.54, 1.807) is 31.2 Å². The maximum atomic E-state index is 13.0. The first-order valence-electron chi connectivity index (χ1n) is 8.86. The van der Waals surface area contributed by atoms with Crippen molar-refractivity contribution < 1.29 is 14.3 Å². The van der Waals surface area contributed by atoms with Crippen molar-refractivity contribution in [3.05, 3.63) is 96.1 Å². The second-order valence-corrected chi connectivity index (χ2v) is 6.47. The van der Waals surface area contributed by atoms with Crippen molar-refractivity contribution in [1.29, 1.82) is 0 Å². The van der Waals surface area contributed by atoms with Crippen molar-refractivity contribution in [2.24, 2.45) is 0 Å². The standard InChI is InChI=1S/C24H18O3/c1-16(23(25)17-9-3-2-4-10-17)27-24(26)22-20-13-7-5-11-18(20)15-19-12-6-8-14-21(19)22/h2-16H,1H3/t16-/m0/s1. The Hall–Kier alpha value is -3.46. The van der Waals surface area contributed by atoms with Gasteiger partial charge in [-0.05, 0) is 34.5 Å². The molecule has 0 aliphatic carbocycles. The van der Waals surface area contributed by atoms with E-state index in [9.17, 15) is 9.59 Å². The van der Waals surface area contributed by atoms with Crippen LogP contribution in [-0.2, 0) is 4.74 Å².